The first-order chi connectivity index (χ1) is 13.1. The molecule has 2 aliphatic rings. The van der Waals surface area contributed by atoms with E-state index in [-0.39, 0.29) is 29.5 Å². The van der Waals surface area contributed by atoms with E-state index in [2.05, 4.69) is 4.98 Å². The van der Waals surface area contributed by atoms with E-state index in [4.69, 9.17) is 9.15 Å². The highest BCUT2D eigenvalue weighted by Gasteiger charge is 2.33. The fourth-order valence-electron chi connectivity index (χ4n) is 3.78. The topological polar surface area (TPSA) is 92.9 Å². The summed E-state index contributed by atoms with van der Waals surface area (Å²) in [6, 6.07) is 6.31. The Kier molecular flexibility index (Phi) is 4.94. The van der Waals surface area contributed by atoms with Crippen molar-refractivity contribution in [2.24, 2.45) is 5.92 Å². The van der Waals surface area contributed by atoms with Crippen LogP contribution in [0.4, 0.5) is 0 Å². The second kappa shape index (κ2) is 7.52. The average Bonchev–Trinajstić information content (AvgIpc) is 3.39. The summed E-state index contributed by atoms with van der Waals surface area (Å²) in [7, 11) is 0. The van der Waals surface area contributed by atoms with Gasteiger partial charge in [-0.1, -0.05) is 0 Å². The van der Waals surface area contributed by atoms with Crippen LogP contribution in [0.5, 0.6) is 5.75 Å². The lowest BCUT2D eigenvalue weighted by Crippen LogP contribution is -2.40. The smallest absolute Gasteiger partial charge is 0.276 e. The Morgan fingerprint density at radius 2 is 1.85 bits per heavy atom. The minimum absolute atomic E-state index is 0.0589. The molecule has 0 spiro atoms. The van der Waals surface area contributed by atoms with Gasteiger partial charge in [-0.25, -0.2) is 4.98 Å². The maximum absolute atomic E-state index is 12.9. The lowest BCUT2D eigenvalue weighted by molar-refractivity contribution is 0.0625. The molecule has 7 heteroatoms. The molecule has 1 amide bonds. The number of piperidine rings is 1. The molecule has 2 fully saturated rings. The number of Topliss-reactive ketones (excluding diaryl/α,β-unsaturated/α-hetero) is 1. The second-order valence-corrected chi connectivity index (χ2v) is 7.04. The van der Waals surface area contributed by atoms with Crippen LogP contribution in [-0.2, 0) is 4.74 Å². The summed E-state index contributed by atoms with van der Waals surface area (Å²) in [5, 5.41) is 9.36. The Bertz CT molecular complexity index is 815. The lowest BCUT2D eigenvalue weighted by Gasteiger charge is -2.31. The Balaban J connectivity index is 1.39. The van der Waals surface area contributed by atoms with Crippen LogP contribution in [0.25, 0.3) is 0 Å². The summed E-state index contributed by atoms with van der Waals surface area (Å²) in [5.41, 5.74) is 0.917. The Hall–Kier alpha value is -2.67. The zero-order valence-corrected chi connectivity index (χ0v) is 15.0. The number of rotatable bonds is 4. The number of aromatic hydroxyl groups is 1. The molecule has 4 rings (SSSR count). The maximum Gasteiger partial charge on any atom is 0.276 e. The quantitative estimate of drug-likeness (QED) is 0.832. The number of nitrogens with zero attached hydrogens (tertiary/aromatic N) is 2. The van der Waals surface area contributed by atoms with E-state index in [0.717, 1.165) is 12.8 Å². The second-order valence-electron chi connectivity index (χ2n) is 7.04. The largest absolute Gasteiger partial charge is 0.508 e. The van der Waals surface area contributed by atoms with Gasteiger partial charge in [-0.2, -0.15) is 0 Å². The van der Waals surface area contributed by atoms with Gasteiger partial charge in [0.15, 0.2) is 23.6 Å². The molecule has 2 saturated heterocycles. The number of likely N-dealkylation sites (tertiary alicyclic amines) is 1. The number of benzene rings is 1. The minimum Gasteiger partial charge on any atom is -0.508 e. The SMILES string of the molecule is O=C(c1ccc(O)cc1)C1CCN(C(=O)c2ncoc2[C@H]2CCCO2)CC1. The molecule has 0 radical (unpaired) electrons. The molecule has 0 bridgehead atoms. The highest BCUT2D eigenvalue weighted by Crippen LogP contribution is 2.32. The highest BCUT2D eigenvalue weighted by molar-refractivity contribution is 5.98. The van der Waals surface area contributed by atoms with Crippen molar-refractivity contribution < 1.29 is 23.8 Å². The van der Waals surface area contributed by atoms with Gasteiger partial charge in [0, 0.05) is 31.2 Å². The zero-order valence-electron chi connectivity index (χ0n) is 15.0. The van der Waals surface area contributed by atoms with Crippen LogP contribution in [0.3, 0.4) is 0 Å². The van der Waals surface area contributed by atoms with Crippen molar-refractivity contribution in [1.29, 1.82) is 0 Å². The Morgan fingerprint density at radius 3 is 2.52 bits per heavy atom. The molecule has 0 aliphatic carbocycles. The number of hydrogen-bond donors (Lipinski definition) is 1. The normalized spacial score (nSPS) is 20.7. The van der Waals surface area contributed by atoms with Gasteiger partial charge < -0.3 is 19.2 Å². The summed E-state index contributed by atoms with van der Waals surface area (Å²) in [4.78, 5) is 31.3. The standard InChI is InChI=1S/C20H22N2O5/c23-15-5-3-13(4-6-15)18(24)14-7-9-22(10-8-14)20(25)17-19(27-12-21-17)16-2-1-11-26-16/h3-6,12,14,16,23H,1-2,7-11H2/t16-/m1/s1. The molecule has 27 heavy (non-hydrogen) atoms. The summed E-state index contributed by atoms with van der Waals surface area (Å²) in [6.45, 7) is 1.68. The first-order valence-corrected chi connectivity index (χ1v) is 9.31. The Labute approximate surface area is 156 Å². The van der Waals surface area contributed by atoms with Crippen LogP contribution in [0.2, 0.25) is 0 Å². The van der Waals surface area contributed by atoms with Gasteiger partial charge in [-0.3, -0.25) is 9.59 Å². The van der Waals surface area contributed by atoms with E-state index >= 15 is 0 Å². The third-order valence-electron chi connectivity index (χ3n) is 5.32. The Morgan fingerprint density at radius 1 is 1.11 bits per heavy atom. The fourth-order valence-corrected chi connectivity index (χ4v) is 3.78. The average molecular weight is 370 g/mol. The number of phenols is 1. The van der Waals surface area contributed by atoms with Crippen LogP contribution in [-0.4, -0.2) is 46.4 Å². The third-order valence-corrected chi connectivity index (χ3v) is 5.32. The van der Waals surface area contributed by atoms with Crippen LogP contribution in [0.15, 0.2) is 35.1 Å². The number of amides is 1. The van der Waals surface area contributed by atoms with E-state index in [1.165, 1.54) is 18.5 Å². The van der Waals surface area contributed by atoms with Crippen molar-refractivity contribution in [3.05, 3.63) is 47.7 Å². The molecular formula is C20H22N2O5. The molecule has 142 valence electrons. The van der Waals surface area contributed by atoms with Crippen molar-refractivity contribution >= 4 is 11.7 Å². The van der Waals surface area contributed by atoms with Crippen LogP contribution < -0.4 is 0 Å². The van der Waals surface area contributed by atoms with E-state index < -0.39 is 0 Å². The van der Waals surface area contributed by atoms with E-state index in [1.54, 1.807) is 17.0 Å². The van der Waals surface area contributed by atoms with Crippen molar-refractivity contribution in [2.45, 2.75) is 31.8 Å². The number of phenolic OH excluding ortho intramolecular Hbond substituents is 1. The highest BCUT2D eigenvalue weighted by atomic mass is 16.5. The summed E-state index contributed by atoms with van der Waals surface area (Å²) >= 11 is 0. The number of carbonyl (C=O) groups excluding carboxylic acids is 2. The molecule has 1 atom stereocenters. The van der Waals surface area contributed by atoms with Crippen LogP contribution >= 0.6 is 0 Å². The first kappa shape index (κ1) is 17.7. The van der Waals surface area contributed by atoms with E-state index in [0.29, 0.717) is 49.6 Å². The van der Waals surface area contributed by atoms with Crippen molar-refractivity contribution in [1.82, 2.24) is 9.88 Å². The predicted molar refractivity (Wildman–Crippen MR) is 95.5 cm³/mol. The van der Waals surface area contributed by atoms with Gasteiger partial charge in [0.2, 0.25) is 0 Å². The summed E-state index contributed by atoms with van der Waals surface area (Å²) in [5.74, 6) is 0.434. The number of aromatic nitrogens is 1. The zero-order chi connectivity index (χ0) is 18.8. The van der Waals surface area contributed by atoms with Crippen LogP contribution in [0.1, 0.15) is 58.4 Å². The molecule has 2 aromatic rings. The predicted octanol–water partition coefficient (Wildman–Crippen LogP) is 2.97. The van der Waals surface area contributed by atoms with Crippen LogP contribution in [0, 0.1) is 5.92 Å². The molecule has 1 aromatic heterocycles. The van der Waals surface area contributed by atoms with Crippen molar-refractivity contribution in [3.63, 3.8) is 0 Å². The molecule has 7 nitrogen and oxygen atoms in total. The number of carbonyl (C=O) groups is 2. The van der Waals surface area contributed by atoms with Crippen molar-refractivity contribution in [2.75, 3.05) is 19.7 Å². The lowest BCUT2D eigenvalue weighted by atomic mass is 9.88. The maximum atomic E-state index is 12.9. The molecular weight excluding hydrogens is 348 g/mol. The van der Waals surface area contributed by atoms with Gasteiger partial charge in [-0.05, 0) is 49.9 Å². The summed E-state index contributed by atoms with van der Waals surface area (Å²) in [6.07, 6.45) is 4.10. The first-order valence-electron chi connectivity index (χ1n) is 9.31. The number of ketones is 1. The molecule has 0 saturated carbocycles. The molecule has 2 aliphatic heterocycles. The number of ether oxygens (including phenoxy) is 1. The van der Waals surface area contributed by atoms with E-state index in [1.807, 2.05) is 0 Å². The fraction of sp³-hybridized carbons (Fsp3) is 0.450. The molecule has 0 unspecified atom stereocenters. The van der Waals surface area contributed by atoms with Gasteiger partial charge in [0.05, 0.1) is 0 Å². The van der Waals surface area contributed by atoms with Gasteiger partial charge >= 0.3 is 0 Å². The monoisotopic (exact) mass is 370 g/mol. The summed E-state index contributed by atoms with van der Waals surface area (Å²) < 4.78 is 11.0. The molecule has 3 heterocycles. The van der Waals surface area contributed by atoms with E-state index in [9.17, 15) is 14.7 Å². The van der Waals surface area contributed by atoms with Gasteiger partial charge in [-0.15, -0.1) is 0 Å². The number of hydrogen-bond acceptors (Lipinski definition) is 6. The molecule has 1 aromatic carbocycles. The third kappa shape index (κ3) is 3.60. The molecule has 1 N–H and O–H groups in total. The minimum atomic E-state index is -0.194. The van der Waals surface area contributed by atoms with Gasteiger partial charge in [0.1, 0.15) is 11.9 Å². The van der Waals surface area contributed by atoms with Crippen molar-refractivity contribution in [3.8, 4) is 5.75 Å². The van der Waals surface area contributed by atoms with Gasteiger partial charge in [0.25, 0.3) is 5.91 Å². The number of oxazole rings is 1.